The number of aliphatic carboxylic acids is 1. The van der Waals surface area contributed by atoms with Gasteiger partial charge in [-0.25, -0.2) is 0 Å². The first kappa shape index (κ1) is 10.1. The molecule has 74 valence electrons. The molecule has 14 heavy (non-hydrogen) atoms. The van der Waals surface area contributed by atoms with Crippen LogP contribution in [0.4, 0.5) is 0 Å². The molecule has 0 saturated heterocycles. The van der Waals surface area contributed by atoms with Crippen molar-refractivity contribution in [1.29, 1.82) is 0 Å². The Hall–Kier alpha value is -1.94. The summed E-state index contributed by atoms with van der Waals surface area (Å²) in [5, 5.41) is 11.9. The highest BCUT2D eigenvalue weighted by molar-refractivity contribution is 5.66. The Balaban J connectivity index is 2.65. The van der Waals surface area contributed by atoms with Gasteiger partial charge in [-0.2, -0.15) is 0 Å². The second-order valence-corrected chi connectivity index (χ2v) is 2.67. The number of carboxylic acids is 1. The van der Waals surface area contributed by atoms with Crippen molar-refractivity contribution in [3.8, 4) is 0 Å². The van der Waals surface area contributed by atoms with Gasteiger partial charge in [0, 0.05) is 11.3 Å². The van der Waals surface area contributed by atoms with Crippen molar-refractivity contribution in [3.63, 3.8) is 0 Å². The molecule has 1 rings (SSSR count). The summed E-state index contributed by atoms with van der Waals surface area (Å²) in [4.78, 5) is 13.0. The van der Waals surface area contributed by atoms with Crippen LogP contribution >= 0.6 is 0 Å². The van der Waals surface area contributed by atoms with Crippen LogP contribution in [-0.4, -0.2) is 11.1 Å². The highest BCUT2D eigenvalue weighted by atomic mass is 16.4. The Bertz CT molecular complexity index is 341. The van der Waals surface area contributed by atoms with Gasteiger partial charge in [0.1, 0.15) is 5.76 Å². The molecule has 1 atom stereocenters. The minimum atomic E-state index is -0.922. The molecule has 1 unspecified atom stereocenters. The lowest BCUT2D eigenvalue weighted by Gasteiger charge is -2.04. The van der Waals surface area contributed by atoms with Gasteiger partial charge in [-0.15, -0.1) is 0 Å². The lowest BCUT2D eigenvalue weighted by molar-refractivity contribution is -0.137. The summed E-state index contributed by atoms with van der Waals surface area (Å²) in [5.41, 5.74) is 8.27. The fourth-order valence-electron chi connectivity index (χ4n) is 1.06. The molecule has 0 aliphatic carbocycles. The third-order valence-electron chi connectivity index (χ3n) is 1.69. The van der Waals surface area contributed by atoms with E-state index in [-0.39, 0.29) is 12.8 Å². The van der Waals surface area contributed by atoms with Gasteiger partial charge in [-0.3, -0.25) is 4.79 Å². The Morgan fingerprint density at radius 2 is 2.57 bits per heavy atom. The predicted molar refractivity (Wildman–Crippen MR) is 47.5 cm³/mol. The molecule has 0 fully saturated rings. The molecule has 1 heterocycles. The van der Waals surface area contributed by atoms with Crippen molar-refractivity contribution in [1.82, 2.24) is 0 Å². The average molecular weight is 195 g/mol. The third-order valence-corrected chi connectivity index (χ3v) is 1.69. The normalized spacial score (nSPS) is 11.7. The second-order valence-electron chi connectivity index (χ2n) is 2.67. The van der Waals surface area contributed by atoms with Crippen molar-refractivity contribution in [3.05, 3.63) is 34.6 Å². The van der Waals surface area contributed by atoms with E-state index in [2.05, 4.69) is 10.0 Å². The summed E-state index contributed by atoms with van der Waals surface area (Å²) in [6.07, 6.45) is 1.65. The van der Waals surface area contributed by atoms with Crippen molar-refractivity contribution < 1.29 is 14.3 Å². The van der Waals surface area contributed by atoms with Crippen LogP contribution < -0.4 is 0 Å². The first-order chi connectivity index (χ1) is 6.74. The quantitative estimate of drug-likeness (QED) is 0.443. The Kier molecular flexibility index (Phi) is 3.58. The zero-order valence-corrected chi connectivity index (χ0v) is 7.33. The van der Waals surface area contributed by atoms with Crippen LogP contribution in [0.2, 0.25) is 0 Å². The summed E-state index contributed by atoms with van der Waals surface area (Å²) < 4.78 is 5.02. The van der Waals surface area contributed by atoms with Crippen molar-refractivity contribution in [2.24, 2.45) is 5.11 Å². The predicted octanol–water partition coefficient (Wildman–Crippen LogP) is 2.50. The van der Waals surface area contributed by atoms with Gasteiger partial charge in [0.2, 0.25) is 0 Å². The molecule has 1 aromatic rings. The van der Waals surface area contributed by atoms with E-state index in [9.17, 15) is 4.79 Å². The number of rotatable bonds is 5. The summed E-state index contributed by atoms with van der Waals surface area (Å²) in [6, 6.07) is 2.78. The maximum absolute atomic E-state index is 10.3. The van der Waals surface area contributed by atoms with E-state index in [1.807, 2.05) is 0 Å². The van der Waals surface area contributed by atoms with E-state index in [1.54, 1.807) is 12.1 Å². The number of hydrogen-bond acceptors (Lipinski definition) is 3. The van der Waals surface area contributed by atoms with Crippen LogP contribution in [0.5, 0.6) is 0 Å². The van der Waals surface area contributed by atoms with Crippen LogP contribution in [0.15, 0.2) is 27.9 Å². The first-order valence-electron chi connectivity index (χ1n) is 4.03. The zero-order valence-electron chi connectivity index (χ0n) is 7.33. The van der Waals surface area contributed by atoms with E-state index in [1.165, 1.54) is 6.26 Å². The van der Waals surface area contributed by atoms with Gasteiger partial charge in [-0.1, -0.05) is 5.11 Å². The van der Waals surface area contributed by atoms with Crippen molar-refractivity contribution in [2.45, 2.75) is 18.9 Å². The molecule has 0 saturated carbocycles. The first-order valence-corrected chi connectivity index (χ1v) is 4.03. The highest BCUT2D eigenvalue weighted by Crippen LogP contribution is 2.23. The zero-order chi connectivity index (χ0) is 10.4. The molecule has 0 bridgehead atoms. The van der Waals surface area contributed by atoms with Gasteiger partial charge in [0.15, 0.2) is 0 Å². The van der Waals surface area contributed by atoms with Crippen molar-refractivity contribution in [2.75, 3.05) is 0 Å². The monoisotopic (exact) mass is 195 g/mol. The fourth-order valence-corrected chi connectivity index (χ4v) is 1.06. The Morgan fingerprint density at radius 1 is 1.79 bits per heavy atom. The largest absolute Gasteiger partial charge is 0.481 e. The molecular weight excluding hydrogens is 186 g/mol. The standard InChI is InChI=1S/C8H9N3O3/c9-11-10-6(3-4-8(12)13)7-2-1-5-14-7/h1-2,5-6H,3-4H2,(H,12,13). The van der Waals surface area contributed by atoms with Gasteiger partial charge in [0.05, 0.1) is 12.3 Å². The summed E-state index contributed by atoms with van der Waals surface area (Å²) >= 11 is 0. The topological polar surface area (TPSA) is 99.2 Å². The maximum atomic E-state index is 10.3. The molecule has 6 heteroatoms. The summed E-state index contributed by atoms with van der Waals surface area (Å²) in [6.45, 7) is 0. The highest BCUT2D eigenvalue weighted by Gasteiger charge is 2.13. The molecule has 0 spiro atoms. The van der Waals surface area contributed by atoms with E-state index in [0.717, 1.165) is 0 Å². The summed E-state index contributed by atoms with van der Waals surface area (Å²) in [5.74, 6) is -0.432. The molecular formula is C8H9N3O3. The van der Waals surface area contributed by atoms with Crippen LogP contribution in [0.3, 0.4) is 0 Å². The Morgan fingerprint density at radius 3 is 3.07 bits per heavy atom. The number of furan rings is 1. The van der Waals surface area contributed by atoms with Crippen LogP contribution in [0, 0.1) is 0 Å². The number of nitrogens with zero attached hydrogens (tertiary/aromatic N) is 3. The minimum Gasteiger partial charge on any atom is -0.481 e. The van der Waals surface area contributed by atoms with E-state index in [0.29, 0.717) is 5.76 Å². The average Bonchev–Trinajstić information content (AvgIpc) is 2.64. The molecule has 0 aliphatic heterocycles. The second kappa shape index (κ2) is 4.94. The molecule has 0 radical (unpaired) electrons. The molecule has 6 nitrogen and oxygen atoms in total. The lowest BCUT2D eigenvalue weighted by Crippen LogP contribution is -1.99. The summed E-state index contributed by atoms with van der Waals surface area (Å²) in [7, 11) is 0. The molecule has 0 amide bonds. The Labute approximate surface area is 79.8 Å². The van der Waals surface area contributed by atoms with Crippen molar-refractivity contribution >= 4 is 5.97 Å². The van der Waals surface area contributed by atoms with Gasteiger partial charge in [-0.05, 0) is 24.1 Å². The van der Waals surface area contributed by atoms with Crippen LogP contribution in [0.1, 0.15) is 24.6 Å². The van der Waals surface area contributed by atoms with E-state index in [4.69, 9.17) is 15.1 Å². The van der Waals surface area contributed by atoms with Gasteiger partial charge in [0.25, 0.3) is 0 Å². The van der Waals surface area contributed by atoms with E-state index >= 15 is 0 Å². The number of azide groups is 1. The van der Waals surface area contributed by atoms with E-state index < -0.39 is 12.0 Å². The molecule has 0 aromatic carbocycles. The van der Waals surface area contributed by atoms with Crippen LogP contribution in [0.25, 0.3) is 10.4 Å². The third kappa shape index (κ3) is 2.84. The van der Waals surface area contributed by atoms with Gasteiger partial charge < -0.3 is 9.52 Å². The molecule has 1 aromatic heterocycles. The SMILES string of the molecule is [N-]=[N+]=NC(CCC(=O)O)c1ccco1. The smallest absolute Gasteiger partial charge is 0.303 e. The maximum Gasteiger partial charge on any atom is 0.303 e. The number of hydrogen-bond donors (Lipinski definition) is 1. The van der Waals surface area contributed by atoms with Crippen LogP contribution in [-0.2, 0) is 4.79 Å². The number of carbonyl (C=O) groups is 1. The molecule has 1 N–H and O–H groups in total. The minimum absolute atomic E-state index is 0.0512. The fraction of sp³-hybridized carbons (Fsp3) is 0.375. The molecule has 0 aliphatic rings. The number of carboxylic acid groups (broad SMARTS) is 1. The van der Waals surface area contributed by atoms with Gasteiger partial charge >= 0.3 is 5.97 Å². The lowest BCUT2D eigenvalue weighted by atomic mass is 10.1.